The van der Waals surface area contributed by atoms with Gasteiger partial charge in [0, 0.05) is 10.8 Å². The number of hydrogen-bond acceptors (Lipinski definition) is 2. The van der Waals surface area contributed by atoms with E-state index in [0.29, 0.717) is 11.8 Å². The number of amides is 1. The zero-order chi connectivity index (χ0) is 19.1. The molecule has 0 aromatic heterocycles. The number of nitrogens with one attached hydrogen (secondary N) is 1. The van der Waals surface area contributed by atoms with Gasteiger partial charge < -0.3 is 10.1 Å². The van der Waals surface area contributed by atoms with Crippen molar-refractivity contribution in [3.8, 4) is 12.3 Å². The normalized spacial score (nSPS) is 37.6. The molecular formula is C22H25Cl2NO2. The minimum absolute atomic E-state index is 0.0394. The Bertz CT molecular complexity index is 748. The SMILES string of the molecule is C#CCOCC(=O)NC(c1ccccc1)[C@H]1[C@H]2C[C@@H]3C[C@](Cl)(C2)C[C@@]1(Cl)C3. The fraction of sp³-hybridized carbons (Fsp3) is 0.591. The first-order valence-electron chi connectivity index (χ1n) is 9.66. The van der Waals surface area contributed by atoms with Crippen LogP contribution in [0.2, 0.25) is 0 Å². The molecule has 0 saturated heterocycles. The van der Waals surface area contributed by atoms with E-state index in [4.69, 9.17) is 34.4 Å². The number of rotatable bonds is 6. The number of halogens is 2. The van der Waals surface area contributed by atoms with Crippen molar-refractivity contribution < 1.29 is 9.53 Å². The zero-order valence-electron chi connectivity index (χ0n) is 15.3. The van der Waals surface area contributed by atoms with Crippen LogP contribution in [-0.4, -0.2) is 28.9 Å². The monoisotopic (exact) mass is 405 g/mol. The highest BCUT2D eigenvalue weighted by Crippen LogP contribution is 2.66. The molecule has 144 valence electrons. The maximum absolute atomic E-state index is 12.5. The third-order valence-corrected chi connectivity index (χ3v) is 7.50. The van der Waals surface area contributed by atoms with Gasteiger partial charge in [0.2, 0.25) is 5.91 Å². The first kappa shape index (κ1) is 19.1. The third kappa shape index (κ3) is 3.73. The van der Waals surface area contributed by atoms with Gasteiger partial charge in [-0.15, -0.1) is 29.6 Å². The Morgan fingerprint density at radius 3 is 2.74 bits per heavy atom. The second kappa shape index (κ2) is 7.32. The predicted molar refractivity (Wildman–Crippen MR) is 108 cm³/mol. The predicted octanol–water partition coefficient (Wildman–Crippen LogP) is 4.29. The largest absolute Gasteiger partial charge is 0.359 e. The van der Waals surface area contributed by atoms with Crippen LogP contribution in [0.1, 0.15) is 43.7 Å². The first-order chi connectivity index (χ1) is 12.9. The number of hydrogen-bond donors (Lipinski definition) is 1. The Kier molecular flexibility index (Phi) is 5.18. The number of alkyl halides is 2. The van der Waals surface area contributed by atoms with Crippen LogP contribution in [0.3, 0.4) is 0 Å². The summed E-state index contributed by atoms with van der Waals surface area (Å²) in [6.45, 7) is 0.0909. The third-order valence-electron chi connectivity index (χ3n) is 6.52. The summed E-state index contributed by atoms with van der Waals surface area (Å²) in [6.07, 6.45) is 10.2. The van der Waals surface area contributed by atoms with Crippen molar-refractivity contribution in [3.05, 3.63) is 35.9 Å². The van der Waals surface area contributed by atoms with Crippen LogP contribution < -0.4 is 5.32 Å². The van der Waals surface area contributed by atoms with E-state index < -0.39 is 0 Å². The highest BCUT2D eigenvalue weighted by atomic mass is 35.5. The highest BCUT2D eigenvalue weighted by Gasteiger charge is 2.63. The summed E-state index contributed by atoms with van der Waals surface area (Å²) in [6, 6.07) is 9.98. The van der Waals surface area contributed by atoms with Crippen molar-refractivity contribution >= 4 is 29.1 Å². The molecule has 27 heavy (non-hydrogen) atoms. The van der Waals surface area contributed by atoms with E-state index in [-0.39, 0.29) is 40.8 Å². The molecule has 1 unspecified atom stereocenters. The quantitative estimate of drug-likeness (QED) is 0.435. The molecule has 0 spiro atoms. The summed E-state index contributed by atoms with van der Waals surface area (Å²) in [5, 5.41) is 3.20. The molecule has 4 fully saturated rings. The Labute approximate surface area is 171 Å². The van der Waals surface area contributed by atoms with Crippen molar-refractivity contribution in [3.63, 3.8) is 0 Å². The molecule has 1 N–H and O–H groups in total. The van der Waals surface area contributed by atoms with Crippen molar-refractivity contribution in [1.29, 1.82) is 0 Å². The number of carbonyl (C=O) groups excluding carboxylic acids is 1. The Morgan fingerprint density at radius 2 is 2.07 bits per heavy atom. The Morgan fingerprint density at radius 1 is 1.30 bits per heavy atom. The van der Waals surface area contributed by atoms with Gasteiger partial charge >= 0.3 is 0 Å². The Balaban J connectivity index is 1.61. The number of benzene rings is 1. The number of carbonyl (C=O) groups is 1. The van der Waals surface area contributed by atoms with Crippen molar-refractivity contribution in [2.75, 3.05) is 13.2 Å². The molecule has 3 nitrogen and oxygen atoms in total. The van der Waals surface area contributed by atoms with Gasteiger partial charge in [-0.1, -0.05) is 36.3 Å². The molecule has 0 aliphatic heterocycles. The van der Waals surface area contributed by atoms with E-state index in [1.54, 1.807) is 0 Å². The van der Waals surface area contributed by atoms with Crippen LogP contribution in [0.4, 0.5) is 0 Å². The standard InChI is InChI=1S/C22H25Cl2NO2/c1-2-8-27-13-18(26)25-20(16-6-4-3-5-7-16)19-17-9-15-10-21(23,12-17)14-22(19,24)11-15/h1,3-7,15,17,19-20H,8-14H2,(H,25,26)/t15-,17+,19-,20?,21+,22+/m1/s1. The molecule has 1 aromatic carbocycles. The lowest BCUT2D eigenvalue weighted by molar-refractivity contribution is -0.127. The van der Waals surface area contributed by atoms with Gasteiger partial charge in [-0.2, -0.15) is 0 Å². The molecule has 5 heteroatoms. The van der Waals surface area contributed by atoms with Crippen LogP contribution in [0.5, 0.6) is 0 Å². The van der Waals surface area contributed by atoms with Crippen LogP contribution in [0, 0.1) is 30.1 Å². The van der Waals surface area contributed by atoms with Gasteiger partial charge in [-0.3, -0.25) is 4.79 Å². The lowest BCUT2D eigenvalue weighted by Crippen LogP contribution is -2.62. The fourth-order valence-corrected chi connectivity index (χ4v) is 7.52. The lowest BCUT2D eigenvalue weighted by Gasteiger charge is -2.63. The summed E-state index contributed by atoms with van der Waals surface area (Å²) in [4.78, 5) is 12.0. The number of terminal acetylenes is 1. The summed E-state index contributed by atoms with van der Waals surface area (Å²) in [7, 11) is 0. The van der Waals surface area contributed by atoms with Gasteiger partial charge in [0.1, 0.15) is 13.2 Å². The van der Waals surface area contributed by atoms with Gasteiger partial charge in [0.15, 0.2) is 0 Å². The topological polar surface area (TPSA) is 38.3 Å². The second-order valence-electron chi connectivity index (χ2n) is 8.52. The van der Waals surface area contributed by atoms with Gasteiger partial charge in [0.05, 0.1) is 10.9 Å². The molecule has 1 amide bonds. The van der Waals surface area contributed by atoms with Crippen LogP contribution in [-0.2, 0) is 9.53 Å². The van der Waals surface area contributed by atoms with Gasteiger partial charge in [0.25, 0.3) is 0 Å². The second-order valence-corrected chi connectivity index (χ2v) is 10.1. The van der Waals surface area contributed by atoms with Gasteiger partial charge in [-0.05, 0) is 49.5 Å². The van der Waals surface area contributed by atoms with E-state index in [1.807, 2.05) is 18.2 Å². The maximum Gasteiger partial charge on any atom is 0.246 e. The van der Waals surface area contributed by atoms with E-state index in [1.165, 1.54) is 0 Å². The molecule has 6 atom stereocenters. The molecule has 5 rings (SSSR count). The van der Waals surface area contributed by atoms with Crippen molar-refractivity contribution in [1.82, 2.24) is 5.32 Å². The lowest BCUT2D eigenvalue weighted by atomic mass is 9.49. The summed E-state index contributed by atoms with van der Waals surface area (Å²) in [5.41, 5.74) is 1.09. The van der Waals surface area contributed by atoms with Gasteiger partial charge in [-0.25, -0.2) is 0 Å². The highest BCUT2D eigenvalue weighted by molar-refractivity contribution is 6.28. The molecule has 0 radical (unpaired) electrons. The summed E-state index contributed by atoms with van der Waals surface area (Å²) in [5.74, 6) is 3.43. The van der Waals surface area contributed by atoms with Crippen LogP contribution in [0.25, 0.3) is 0 Å². The van der Waals surface area contributed by atoms with Crippen LogP contribution in [0.15, 0.2) is 30.3 Å². The van der Waals surface area contributed by atoms with E-state index >= 15 is 0 Å². The smallest absolute Gasteiger partial charge is 0.246 e. The molecule has 1 aromatic rings. The molecule has 4 bridgehead atoms. The Hall–Kier alpha value is -1.21. The molecule has 0 heterocycles. The molecule has 4 saturated carbocycles. The number of ether oxygens (including phenoxy) is 1. The molecule has 4 aliphatic carbocycles. The van der Waals surface area contributed by atoms with Crippen LogP contribution >= 0.6 is 23.2 Å². The first-order valence-corrected chi connectivity index (χ1v) is 10.4. The van der Waals surface area contributed by atoms with Crippen molar-refractivity contribution in [2.24, 2.45) is 17.8 Å². The minimum atomic E-state index is -0.362. The maximum atomic E-state index is 12.5. The average molecular weight is 406 g/mol. The molecular weight excluding hydrogens is 381 g/mol. The van der Waals surface area contributed by atoms with Crippen molar-refractivity contribution in [2.45, 2.75) is 47.9 Å². The van der Waals surface area contributed by atoms with E-state index in [0.717, 1.165) is 37.7 Å². The minimum Gasteiger partial charge on any atom is -0.359 e. The summed E-state index contributed by atoms with van der Waals surface area (Å²) >= 11 is 14.2. The van der Waals surface area contributed by atoms with E-state index in [9.17, 15) is 4.79 Å². The zero-order valence-corrected chi connectivity index (χ0v) is 16.8. The average Bonchev–Trinajstić information content (AvgIpc) is 2.59. The fourth-order valence-electron chi connectivity index (χ4n) is 6.02. The summed E-state index contributed by atoms with van der Waals surface area (Å²) < 4.78 is 5.23. The van der Waals surface area contributed by atoms with E-state index in [2.05, 4.69) is 23.4 Å². The molecule has 4 aliphatic rings.